The lowest BCUT2D eigenvalue weighted by atomic mass is 10.3. The Morgan fingerprint density at radius 2 is 2.24 bits per heavy atom. The fourth-order valence-corrected chi connectivity index (χ4v) is 2.45. The molecule has 7 heteroatoms. The Bertz CT molecular complexity index is 416. The summed E-state index contributed by atoms with van der Waals surface area (Å²) < 4.78 is 1.71. The number of carbonyl (C=O) groups is 2. The quantitative estimate of drug-likeness (QED) is 0.864. The van der Waals surface area contributed by atoms with E-state index in [1.807, 2.05) is 0 Å². The number of carbonyl (C=O) groups excluding carboxylic acids is 2. The van der Waals surface area contributed by atoms with Crippen molar-refractivity contribution in [3.05, 3.63) is 12.3 Å². The molecule has 0 bridgehead atoms. The summed E-state index contributed by atoms with van der Waals surface area (Å²) in [7, 11) is 0. The highest BCUT2D eigenvalue weighted by Crippen LogP contribution is 2.18. The summed E-state index contributed by atoms with van der Waals surface area (Å²) in [5, 5.41) is 3.89. The zero-order chi connectivity index (χ0) is 12.3. The van der Waals surface area contributed by atoms with Crippen molar-refractivity contribution in [3.8, 4) is 0 Å². The van der Waals surface area contributed by atoms with Crippen molar-refractivity contribution in [3.63, 3.8) is 0 Å². The lowest BCUT2D eigenvalue weighted by Crippen LogP contribution is -2.39. The highest BCUT2D eigenvalue weighted by Gasteiger charge is 2.25. The summed E-state index contributed by atoms with van der Waals surface area (Å²) in [6.07, 6.45) is 2.92. The maximum Gasteiger partial charge on any atom is 0.288 e. The number of amides is 2. The molecule has 0 unspecified atom stereocenters. The molecule has 6 nitrogen and oxygen atoms in total. The molecular weight excluding hydrogens is 240 g/mol. The minimum atomic E-state index is -0.138. The molecule has 1 aliphatic heterocycles. The van der Waals surface area contributed by atoms with Crippen LogP contribution in [0, 0.1) is 0 Å². The predicted molar refractivity (Wildman–Crippen MR) is 65.4 cm³/mol. The van der Waals surface area contributed by atoms with Gasteiger partial charge in [0.15, 0.2) is 0 Å². The molecule has 0 spiro atoms. The molecule has 0 radical (unpaired) electrons. The topological polar surface area (TPSA) is 81.2 Å². The molecular formula is C10H14N4O2S. The van der Waals surface area contributed by atoms with E-state index in [0.29, 0.717) is 37.5 Å². The number of anilines is 1. The van der Waals surface area contributed by atoms with E-state index < -0.39 is 0 Å². The van der Waals surface area contributed by atoms with E-state index in [0.717, 1.165) is 0 Å². The molecule has 0 saturated carbocycles. The second kappa shape index (κ2) is 5.22. The van der Waals surface area contributed by atoms with Gasteiger partial charge in [-0.2, -0.15) is 5.10 Å². The third kappa shape index (κ3) is 3.00. The average molecular weight is 254 g/mol. The van der Waals surface area contributed by atoms with Crippen molar-refractivity contribution in [2.45, 2.75) is 19.4 Å². The first-order chi connectivity index (χ1) is 8.16. The van der Waals surface area contributed by atoms with Crippen molar-refractivity contribution in [1.82, 2.24) is 14.7 Å². The SMILES string of the molecule is Nc1ccn(CCCN2C(=O)CCSC2=O)n1. The Morgan fingerprint density at radius 3 is 2.88 bits per heavy atom. The van der Waals surface area contributed by atoms with Crippen molar-refractivity contribution in [1.29, 1.82) is 0 Å². The van der Waals surface area contributed by atoms with Gasteiger partial charge in [0.2, 0.25) is 5.91 Å². The van der Waals surface area contributed by atoms with Gasteiger partial charge in [-0.25, -0.2) is 0 Å². The summed E-state index contributed by atoms with van der Waals surface area (Å²) in [6, 6.07) is 1.72. The molecule has 1 aromatic rings. The van der Waals surface area contributed by atoms with Crippen molar-refractivity contribution >= 4 is 28.7 Å². The van der Waals surface area contributed by atoms with Gasteiger partial charge in [-0.05, 0) is 12.5 Å². The average Bonchev–Trinajstić information content (AvgIpc) is 2.69. The number of nitrogens with zero attached hydrogens (tertiary/aromatic N) is 3. The summed E-state index contributed by atoms with van der Waals surface area (Å²) in [6.45, 7) is 1.10. The largest absolute Gasteiger partial charge is 0.382 e. The minimum Gasteiger partial charge on any atom is -0.382 e. The van der Waals surface area contributed by atoms with E-state index in [1.54, 1.807) is 16.9 Å². The fourth-order valence-electron chi connectivity index (χ4n) is 1.65. The lowest BCUT2D eigenvalue weighted by Gasteiger charge is -2.23. The van der Waals surface area contributed by atoms with Crippen LogP contribution < -0.4 is 5.73 Å². The first-order valence-electron chi connectivity index (χ1n) is 5.43. The van der Waals surface area contributed by atoms with E-state index in [-0.39, 0.29) is 11.1 Å². The normalized spacial score (nSPS) is 16.6. The number of imide groups is 1. The number of hydrogen-bond donors (Lipinski definition) is 1. The van der Waals surface area contributed by atoms with Gasteiger partial charge in [-0.3, -0.25) is 19.2 Å². The van der Waals surface area contributed by atoms with Gasteiger partial charge in [-0.15, -0.1) is 0 Å². The number of hydrogen-bond acceptors (Lipinski definition) is 5. The molecule has 2 N–H and O–H groups in total. The fraction of sp³-hybridized carbons (Fsp3) is 0.500. The smallest absolute Gasteiger partial charge is 0.288 e. The molecule has 2 amide bonds. The maximum absolute atomic E-state index is 11.5. The van der Waals surface area contributed by atoms with Crippen LogP contribution >= 0.6 is 11.8 Å². The molecule has 1 saturated heterocycles. The van der Waals surface area contributed by atoms with Gasteiger partial charge < -0.3 is 5.73 Å². The van der Waals surface area contributed by atoms with Crippen molar-refractivity contribution < 1.29 is 9.59 Å². The van der Waals surface area contributed by atoms with E-state index in [1.165, 1.54) is 16.7 Å². The second-order valence-corrected chi connectivity index (χ2v) is 4.81. The summed E-state index contributed by atoms with van der Waals surface area (Å²) >= 11 is 1.20. The molecule has 0 aromatic carbocycles. The Hall–Kier alpha value is -1.50. The van der Waals surface area contributed by atoms with Crippen LogP contribution in [0.5, 0.6) is 0 Å². The molecule has 2 rings (SSSR count). The van der Waals surface area contributed by atoms with E-state index in [9.17, 15) is 9.59 Å². The Balaban J connectivity index is 1.81. The van der Waals surface area contributed by atoms with Crippen molar-refractivity contribution in [2.75, 3.05) is 18.0 Å². The van der Waals surface area contributed by atoms with E-state index in [2.05, 4.69) is 5.10 Å². The number of aryl methyl sites for hydroxylation is 1. The first-order valence-corrected chi connectivity index (χ1v) is 6.41. The number of rotatable bonds is 4. The molecule has 0 aliphatic carbocycles. The highest BCUT2D eigenvalue weighted by atomic mass is 32.2. The van der Waals surface area contributed by atoms with Crippen LogP contribution in [-0.2, 0) is 11.3 Å². The molecule has 17 heavy (non-hydrogen) atoms. The van der Waals surface area contributed by atoms with Crippen LogP contribution in [0.3, 0.4) is 0 Å². The second-order valence-electron chi connectivity index (χ2n) is 3.77. The Morgan fingerprint density at radius 1 is 1.41 bits per heavy atom. The minimum absolute atomic E-state index is 0.0753. The lowest BCUT2D eigenvalue weighted by molar-refractivity contribution is -0.127. The highest BCUT2D eigenvalue weighted by molar-refractivity contribution is 8.13. The van der Waals surface area contributed by atoms with Crippen LogP contribution in [0.25, 0.3) is 0 Å². The van der Waals surface area contributed by atoms with Gasteiger partial charge in [-0.1, -0.05) is 11.8 Å². The van der Waals surface area contributed by atoms with Gasteiger partial charge in [0.1, 0.15) is 5.82 Å². The van der Waals surface area contributed by atoms with Gasteiger partial charge >= 0.3 is 0 Å². The molecule has 1 aliphatic rings. The first kappa shape index (κ1) is 12.0. The van der Waals surface area contributed by atoms with Crippen LogP contribution in [-0.4, -0.2) is 38.1 Å². The van der Waals surface area contributed by atoms with Crippen molar-refractivity contribution in [2.24, 2.45) is 0 Å². The van der Waals surface area contributed by atoms with Crippen LogP contribution in [0.4, 0.5) is 10.6 Å². The van der Waals surface area contributed by atoms with Crippen LogP contribution in [0.2, 0.25) is 0 Å². The zero-order valence-corrected chi connectivity index (χ0v) is 10.2. The molecule has 1 aromatic heterocycles. The third-order valence-electron chi connectivity index (χ3n) is 2.49. The molecule has 1 fully saturated rings. The predicted octanol–water partition coefficient (Wildman–Crippen LogP) is 0.941. The molecule has 0 atom stereocenters. The number of thioether (sulfide) groups is 1. The monoisotopic (exact) mass is 254 g/mol. The number of aromatic nitrogens is 2. The number of nitrogens with two attached hydrogens (primary N) is 1. The number of nitrogen functional groups attached to an aromatic ring is 1. The Kier molecular flexibility index (Phi) is 3.68. The molecule has 2 heterocycles. The summed E-state index contributed by atoms with van der Waals surface area (Å²) in [5.41, 5.74) is 5.48. The van der Waals surface area contributed by atoms with E-state index in [4.69, 9.17) is 5.73 Å². The van der Waals surface area contributed by atoms with Crippen LogP contribution in [0.15, 0.2) is 12.3 Å². The van der Waals surface area contributed by atoms with Gasteiger partial charge in [0, 0.05) is 31.5 Å². The standard InChI is InChI=1S/C10H14N4O2S/c11-8-2-6-13(12-8)4-1-5-14-9(15)3-7-17-10(14)16/h2,6H,1,3-5,7H2,(H2,11,12). The van der Waals surface area contributed by atoms with E-state index >= 15 is 0 Å². The Labute approximate surface area is 103 Å². The molecule has 92 valence electrons. The summed E-state index contributed by atoms with van der Waals surface area (Å²) in [5.74, 6) is 1.00. The maximum atomic E-state index is 11.5. The third-order valence-corrected chi connectivity index (χ3v) is 3.37. The van der Waals surface area contributed by atoms with Gasteiger partial charge in [0.05, 0.1) is 0 Å². The zero-order valence-electron chi connectivity index (χ0n) is 9.33. The van der Waals surface area contributed by atoms with Gasteiger partial charge in [0.25, 0.3) is 5.24 Å². The summed E-state index contributed by atoms with van der Waals surface area (Å²) in [4.78, 5) is 24.3. The van der Waals surface area contributed by atoms with Crippen LogP contribution in [0.1, 0.15) is 12.8 Å².